The number of anilines is 1. The molecule has 0 N–H and O–H groups in total. The van der Waals surface area contributed by atoms with Crippen LogP contribution in [0.2, 0.25) is 0 Å². The first kappa shape index (κ1) is 11.4. The first-order valence-corrected chi connectivity index (χ1v) is 5.26. The van der Waals surface area contributed by atoms with Crippen LogP contribution >= 0.6 is 0 Å². The van der Waals surface area contributed by atoms with E-state index in [0.717, 1.165) is 5.56 Å². The molecule has 1 aromatic carbocycles. The maximum atomic E-state index is 11.8. The van der Waals surface area contributed by atoms with E-state index in [9.17, 15) is 9.59 Å². The molecule has 0 fully saturated rings. The zero-order valence-electron chi connectivity index (χ0n) is 9.98. The molecule has 0 aliphatic carbocycles. The van der Waals surface area contributed by atoms with Crippen molar-refractivity contribution in [2.75, 3.05) is 12.0 Å². The van der Waals surface area contributed by atoms with Gasteiger partial charge in [0.25, 0.3) is 11.8 Å². The van der Waals surface area contributed by atoms with Gasteiger partial charge in [-0.05, 0) is 37.6 Å². The lowest BCUT2D eigenvalue weighted by atomic mass is 10.1. The van der Waals surface area contributed by atoms with Crippen LogP contribution in [0.5, 0.6) is 5.75 Å². The maximum absolute atomic E-state index is 11.8. The molecule has 0 atom stereocenters. The Kier molecular flexibility index (Phi) is 2.71. The van der Waals surface area contributed by atoms with Gasteiger partial charge in [0.1, 0.15) is 5.75 Å². The fourth-order valence-electron chi connectivity index (χ4n) is 1.82. The summed E-state index contributed by atoms with van der Waals surface area (Å²) < 4.78 is 5.09. The topological polar surface area (TPSA) is 46.6 Å². The van der Waals surface area contributed by atoms with Crippen molar-refractivity contribution in [2.45, 2.75) is 13.8 Å². The number of hydrogen-bond donors (Lipinski definition) is 0. The largest absolute Gasteiger partial charge is 0.497 e. The predicted octanol–water partition coefficient (Wildman–Crippen LogP) is 1.82. The second kappa shape index (κ2) is 4.05. The van der Waals surface area contributed by atoms with Gasteiger partial charge in [0.05, 0.1) is 12.8 Å². The summed E-state index contributed by atoms with van der Waals surface area (Å²) in [6, 6.07) is 5.25. The number of aryl methyl sites for hydroxylation is 1. The van der Waals surface area contributed by atoms with E-state index in [1.807, 2.05) is 6.92 Å². The molecule has 0 saturated carbocycles. The molecule has 2 amide bonds. The molecule has 1 aliphatic heterocycles. The van der Waals surface area contributed by atoms with Crippen molar-refractivity contribution in [3.05, 3.63) is 35.4 Å². The average molecular weight is 231 g/mol. The van der Waals surface area contributed by atoms with Crippen LogP contribution in [0.15, 0.2) is 29.8 Å². The maximum Gasteiger partial charge on any atom is 0.261 e. The van der Waals surface area contributed by atoms with Crippen LogP contribution in [0.3, 0.4) is 0 Å². The van der Waals surface area contributed by atoms with E-state index in [4.69, 9.17) is 4.74 Å². The molecular weight excluding hydrogens is 218 g/mol. The Balaban J connectivity index is 2.43. The van der Waals surface area contributed by atoms with Gasteiger partial charge in [-0.2, -0.15) is 0 Å². The summed E-state index contributed by atoms with van der Waals surface area (Å²) in [5, 5.41) is 0. The van der Waals surface area contributed by atoms with Gasteiger partial charge in [0.2, 0.25) is 0 Å². The number of benzene rings is 1. The molecule has 17 heavy (non-hydrogen) atoms. The Labute approximate surface area is 99.5 Å². The van der Waals surface area contributed by atoms with Crippen LogP contribution in [0.4, 0.5) is 5.69 Å². The van der Waals surface area contributed by atoms with Crippen molar-refractivity contribution in [3.8, 4) is 5.75 Å². The minimum atomic E-state index is -0.291. The smallest absolute Gasteiger partial charge is 0.261 e. The van der Waals surface area contributed by atoms with E-state index in [0.29, 0.717) is 17.0 Å². The quantitative estimate of drug-likeness (QED) is 0.729. The van der Waals surface area contributed by atoms with Crippen LogP contribution in [0.1, 0.15) is 12.5 Å². The number of nitrogens with zero attached hydrogens (tertiary/aromatic N) is 1. The van der Waals surface area contributed by atoms with Gasteiger partial charge in [-0.3, -0.25) is 9.59 Å². The van der Waals surface area contributed by atoms with Crippen molar-refractivity contribution in [2.24, 2.45) is 0 Å². The fourth-order valence-corrected chi connectivity index (χ4v) is 1.82. The fraction of sp³-hybridized carbons (Fsp3) is 0.231. The second-order valence-corrected chi connectivity index (χ2v) is 3.96. The highest BCUT2D eigenvalue weighted by atomic mass is 16.5. The number of amides is 2. The van der Waals surface area contributed by atoms with Crippen LogP contribution in [-0.4, -0.2) is 18.9 Å². The van der Waals surface area contributed by atoms with Gasteiger partial charge in [0, 0.05) is 11.6 Å². The average Bonchev–Trinajstić information content (AvgIpc) is 2.54. The van der Waals surface area contributed by atoms with Crippen LogP contribution in [-0.2, 0) is 9.59 Å². The van der Waals surface area contributed by atoms with Gasteiger partial charge in [0.15, 0.2) is 0 Å². The lowest BCUT2D eigenvalue weighted by molar-refractivity contribution is -0.120. The van der Waals surface area contributed by atoms with Gasteiger partial charge >= 0.3 is 0 Å². The molecule has 0 radical (unpaired) electrons. The molecule has 0 bridgehead atoms. The van der Waals surface area contributed by atoms with E-state index in [-0.39, 0.29) is 11.8 Å². The summed E-state index contributed by atoms with van der Waals surface area (Å²) in [5.41, 5.74) is 1.90. The normalized spacial score (nSPS) is 15.2. The summed E-state index contributed by atoms with van der Waals surface area (Å²) in [4.78, 5) is 24.7. The molecular formula is C13H13NO3. The minimum absolute atomic E-state index is 0.261. The third-order valence-corrected chi connectivity index (χ3v) is 2.75. The first-order valence-electron chi connectivity index (χ1n) is 5.26. The Morgan fingerprint density at radius 3 is 2.35 bits per heavy atom. The van der Waals surface area contributed by atoms with E-state index >= 15 is 0 Å². The van der Waals surface area contributed by atoms with E-state index < -0.39 is 0 Å². The Morgan fingerprint density at radius 2 is 1.88 bits per heavy atom. The van der Waals surface area contributed by atoms with Gasteiger partial charge < -0.3 is 4.74 Å². The summed E-state index contributed by atoms with van der Waals surface area (Å²) in [6.07, 6.45) is 1.35. The standard InChI is InChI=1S/C13H13NO3/c1-8-6-10(17-3)4-5-11(8)14-12(15)7-9(2)13(14)16/h4-7H,1-3H3. The molecule has 4 heteroatoms. The molecule has 0 spiro atoms. The molecule has 88 valence electrons. The predicted molar refractivity (Wildman–Crippen MR) is 64.0 cm³/mol. The lowest BCUT2D eigenvalue weighted by Gasteiger charge is -2.17. The van der Waals surface area contributed by atoms with E-state index in [1.54, 1.807) is 32.2 Å². The van der Waals surface area contributed by atoms with E-state index in [2.05, 4.69) is 0 Å². The summed E-state index contributed by atoms with van der Waals surface area (Å²) in [6.45, 7) is 3.48. The molecule has 0 unspecified atom stereocenters. The van der Waals surface area contributed by atoms with Crippen molar-refractivity contribution < 1.29 is 14.3 Å². The van der Waals surface area contributed by atoms with E-state index in [1.165, 1.54) is 11.0 Å². The number of methoxy groups -OCH3 is 1. The Bertz CT molecular complexity index is 531. The highest BCUT2D eigenvalue weighted by molar-refractivity contribution is 6.30. The zero-order chi connectivity index (χ0) is 12.6. The van der Waals surface area contributed by atoms with Crippen molar-refractivity contribution >= 4 is 17.5 Å². The number of carbonyl (C=O) groups is 2. The Hall–Kier alpha value is -2.10. The molecule has 1 aliphatic rings. The first-order chi connectivity index (χ1) is 8.04. The third kappa shape index (κ3) is 1.82. The van der Waals surface area contributed by atoms with Crippen molar-refractivity contribution in [1.82, 2.24) is 0 Å². The molecule has 1 aromatic rings. The number of imide groups is 1. The molecule has 2 rings (SSSR count). The Morgan fingerprint density at radius 1 is 1.18 bits per heavy atom. The lowest BCUT2D eigenvalue weighted by Crippen LogP contribution is -2.31. The highest BCUT2D eigenvalue weighted by Gasteiger charge is 2.30. The van der Waals surface area contributed by atoms with Crippen molar-refractivity contribution in [1.29, 1.82) is 0 Å². The second-order valence-electron chi connectivity index (χ2n) is 3.96. The van der Waals surface area contributed by atoms with Crippen LogP contribution in [0.25, 0.3) is 0 Å². The zero-order valence-corrected chi connectivity index (χ0v) is 9.98. The SMILES string of the molecule is COc1ccc(N2C(=O)C=C(C)C2=O)c(C)c1. The number of ether oxygens (including phenoxy) is 1. The van der Waals surface area contributed by atoms with Crippen LogP contribution < -0.4 is 9.64 Å². The van der Waals surface area contributed by atoms with Gasteiger partial charge in [-0.15, -0.1) is 0 Å². The highest BCUT2D eigenvalue weighted by Crippen LogP contribution is 2.28. The monoisotopic (exact) mass is 231 g/mol. The minimum Gasteiger partial charge on any atom is -0.497 e. The molecule has 1 heterocycles. The summed E-state index contributed by atoms with van der Waals surface area (Å²) in [7, 11) is 1.58. The van der Waals surface area contributed by atoms with Crippen molar-refractivity contribution in [3.63, 3.8) is 0 Å². The number of carbonyl (C=O) groups excluding carboxylic acids is 2. The number of rotatable bonds is 2. The van der Waals surface area contributed by atoms with Crippen LogP contribution in [0, 0.1) is 6.92 Å². The summed E-state index contributed by atoms with van der Waals surface area (Å²) in [5.74, 6) is 0.152. The van der Waals surface area contributed by atoms with Gasteiger partial charge in [-0.1, -0.05) is 0 Å². The number of hydrogen-bond acceptors (Lipinski definition) is 3. The molecule has 0 saturated heterocycles. The molecule has 4 nitrogen and oxygen atoms in total. The third-order valence-electron chi connectivity index (χ3n) is 2.75. The van der Waals surface area contributed by atoms with Gasteiger partial charge in [-0.25, -0.2) is 4.90 Å². The molecule has 0 aromatic heterocycles. The summed E-state index contributed by atoms with van der Waals surface area (Å²) >= 11 is 0.